The molecule has 1 N–H and O–H groups in total. The number of hydrogen-bond donors (Lipinski definition) is 1. The third-order valence-corrected chi connectivity index (χ3v) is 5.40. The van der Waals surface area contributed by atoms with Gasteiger partial charge in [-0.3, -0.25) is 9.69 Å². The number of fused-ring (bicyclic) bond motifs is 1. The van der Waals surface area contributed by atoms with E-state index in [4.69, 9.17) is 9.47 Å². The molecule has 2 aromatic carbocycles. The number of carbonyl (C=O) groups is 1. The molecule has 0 unspecified atom stereocenters. The van der Waals surface area contributed by atoms with E-state index in [2.05, 4.69) is 60.5 Å². The summed E-state index contributed by atoms with van der Waals surface area (Å²) < 4.78 is 11.0. The van der Waals surface area contributed by atoms with Crippen molar-refractivity contribution < 1.29 is 14.3 Å². The number of hydrogen-bond acceptors (Lipinski definition) is 4. The molecule has 3 rings (SSSR count). The van der Waals surface area contributed by atoms with Gasteiger partial charge in [-0.1, -0.05) is 29.8 Å². The molecule has 2 aromatic rings. The lowest BCUT2D eigenvalue weighted by Crippen LogP contribution is -2.46. The van der Waals surface area contributed by atoms with Gasteiger partial charge in [-0.25, -0.2) is 0 Å². The van der Waals surface area contributed by atoms with Crippen LogP contribution in [0.1, 0.15) is 42.1 Å². The summed E-state index contributed by atoms with van der Waals surface area (Å²) in [6.07, 6.45) is 0.935. The highest BCUT2D eigenvalue weighted by Crippen LogP contribution is 2.40. The molecule has 0 bridgehead atoms. The molecule has 1 amide bonds. The molecule has 150 valence electrons. The quantitative estimate of drug-likeness (QED) is 0.829. The van der Waals surface area contributed by atoms with Gasteiger partial charge in [-0.05, 0) is 49.1 Å². The van der Waals surface area contributed by atoms with Crippen LogP contribution in [0, 0.1) is 6.92 Å². The highest BCUT2D eigenvalue weighted by molar-refractivity contribution is 5.73. The van der Waals surface area contributed by atoms with E-state index in [0.29, 0.717) is 0 Å². The van der Waals surface area contributed by atoms with Crippen molar-refractivity contribution in [2.45, 2.75) is 45.8 Å². The highest BCUT2D eigenvalue weighted by atomic mass is 16.5. The fraction of sp³-hybridized carbons (Fsp3) is 0.435. The number of nitrogens with one attached hydrogen (secondary N) is 1. The van der Waals surface area contributed by atoms with Crippen LogP contribution in [0.25, 0.3) is 0 Å². The van der Waals surface area contributed by atoms with Gasteiger partial charge >= 0.3 is 0 Å². The number of nitrogens with zero attached hydrogens (tertiary/aromatic N) is 1. The van der Waals surface area contributed by atoms with Gasteiger partial charge in [0, 0.05) is 26.1 Å². The molecule has 1 aliphatic rings. The molecule has 0 saturated heterocycles. The molecule has 5 heteroatoms. The maximum Gasteiger partial charge on any atom is 0.217 e. The second-order valence-corrected chi connectivity index (χ2v) is 7.55. The summed E-state index contributed by atoms with van der Waals surface area (Å²) in [5.41, 5.74) is 4.98. The number of benzene rings is 2. The normalized spacial score (nSPS) is 17.5. The van der Waals surface area contributed by atoms with Gasteiger partial charge in [0.1, 0.15) is 0 Å². The largest absolute Gasteiger partial charge is 0.493 e. The van der Waals surface area contributed by atoms with Crippen molar-refractivity contribution in [3.05, 3.63) is 58.7 Å². The molecule has 0 aliphatic carbocycles. The van der Waals surface area contributed by atoms with E-state index in [0.717, 1.165) is 31.0 Å². The SMILES string of the molecule is COc1cc2c(cc1OC)[C@H]([C@H](C)NC(C)=O)N(Cc1cccc(C)c1)CC2. The van der Waals surface area contributed by atoms with E-state index in [1.54, 1.807) is 21.1 Å². The zero-order valence-electron chi connectivity index (χ0n) is 17.4. The van der Waals surface area contributed by atoms with Crippen LogP contribution < -0.4 is 14.8 Å². The summed E-state index contributed by atoms with van der Waals surface area (Å²) in [5, 5.41) is 3.09. The maximum absolute atomic E-state index is 11.8. The Balaban J connectivity index is 2.00. The average Bonchev–Trinajstić information content (AvgIpc) is 2.66. The smallest absolute Gasteiger partial charge is 0.217 e. The first-order valence-electron chi connectivity index (χ1n) is 9.74. The topological polar surface area (TPSA) is 50.8 Å². The predicted molar refractivity (Wildman–Crippen MR) is 111 cm³/mol. The summed E-state index contributed by atoms with van der Waals surface area (Å²) in [6.45, 7) is 7.51. The summed E-state index contributed by atoms with van der Waals surface area (Å²) >= 11 is 0. The van der Waals surface area contributed by atoms with Crippen molar-refractivity contribution in [1.29, 1.82) is 0 Å². The molecular weight excluding hydrogens is 352 g/mol. The summed E-state index contributed by atoms with van der Waals surface area (Å²) in [7, 11) is 3.32. The molecule has 0 spiro atoms. The van der Waals surface area contributed by atoms with Gasteiger partial charge in [0.15, 0.2) is 11.5 Å². The van der Waals surface area contributed by atoms with Gasteiger partial charge in [0.05, 0.1) is 20.3 Å². The molecular formula is C23H30N2O3. The van der Waals surface area contributed by atoms with Crippen LogP contribution in [0.3, 0.4) is 0 Å². The minimum absolute atomic E-state index is 0.0180. The van der Waals surface area contributed by atoms with Gasteiger partial charge < -0.3 is 14.8 Å². The highest BCUT2D eigenvalue weighted by Gasteiger charge is 2.33. The minimum atomic E-state index is -0.0283. The van der Waals surface area contributed by atoms with Crippen molar-refractivity contribution in [2.75, 3.05) is 20.8 Å². The Bertz CT molecular complexity index is 850. The van der Waals surface area contributed by atoms with Gasteiger partial charge in [-0.2, -0.15) is 0 Å². The van der Waals surface area contributed by atoms with Gasteiger partial charge in [0.25, 0.3) is 0 Å². The molecule has 0 radical (unpaired) electrons. The lowest BCUT2D eigenvalue weighted by molar-refractivity contribution is -0.120. The van der Waals surface area contributed by atoms with Crippen LogP contribution in [0.5, 0.6) is 11.5 Å². The number of amides is 1. The predicted octanol–water partition coefficient (Wildman–Crippen LogP) is 3.64. The van der Waals surface area contributed by atoms with E-state index in [9.17, 15) is 4.79 Å². The minimum Gasteiger partial charge on any atom is -0.493 e. The second kappa shape index (κ2) is 8.65. The number of carbonyl (C=O) groups excluding carboxylic acids is 1. The number of rotatable bonds is 6. The van der Waals surface area contributed by atoms with Crippen LogP contribution in [0.15, 0.2) is 36.4 Å². The summed E-state index contributed by atoms with van der Waals surface area (Å²) in [4.78, 5) is 14.2. The van der Waals surface area contributed by atoms with Crippen molar-refractivity contribution in [3.8, 4) is 11.5 Å². The zero-order chi connectivity index (χ0) is 20.3. The lowest BCUT2D eigenvalue weighted by atomic mass is 9.87. The molecule has 0 fully saturated rings. The first kappa shape index (κ1) is 20.2. The number of ether oxygens (including phenoxy) is 2. The van der Waals surface area contributed by atoms with Gasteiger partial charge in [0.2, 0.25) is 5.91 Å². The fourth-order valence-electron chi connectivity index (χ4n) is 4.24. The third-order valence-electron chi connectivity index (χ3n) is 5.40. The molecule has 1 heterocycles. The first-order valence-corrected chi connectivity index (χ1v) is 9.74. The van der Waals surface area contributed by atoms with E-state index < -0.39 is 0 Å². The second-order valence-electron chi connectivity index (χ2n) is 7.55. The Kier molecular flexibility index (Phi) is 6.25. The lowest BCUT2D eigenvalue weighted by Gasteiger charge is -2.41. The van der Waals surface area contributed by atoms with E-state index >= 15 is 0 Å². The van der Waals surface area contributed by atoms with Crippen molar-refractivity contribution in [3.63, 3.8) is 0 Å². The standard InChI is InChI=1S/C23H30N2O3/c1-15-7-6-8-18(11-15)14-25-10-9-19-12-21(27-4)22(28-5)13-20(19)23(25)16(2)24-17(3)26/h6-8,11-13,16,23H,9-10,14H2,1-5H3,(H,24,26)/t16-,23-/m0/s1. The Labute approximate surface area is 167 Å². The first-order chi connectivity index (χ1) is 13.4. The van der Waals surface area contributed by atoms with Gasteiger partial charge in [-0.15, -0.1) is 0 Å². The van der Waals surface area contributed by atoms with E-state index in [-0.39, 0.29) is 18.0 Å². The molecule has 28 heavy (non-hydrogen) atoms. The van der Waals surface area contributed by atoms with Crippen molar-refractivity contribution in [2.24, 2.45) is 0 Å². The number of methoxy groups -OCH3 is 2. The third kappa shape index (κ3) is 4.30. The Morgan fingerprint density at radius 1 is 1.21 bits per heavy atom. The van der Waals surface area contributed by atoms with E-state index in [1.807, 2.05) is 0 Å². The van der Waals surface area contributed by atoms with Crippen molar-refractivity contribution in [1.82, 2.24) is 10.2 Å². The zero-order valence-corrected chi connectivity index (χ0v) is 17.4. The Morgan fingerprint density at radius 2 is 1.93 bits per heavy atom. The monoisotopic (exact) mass is 382 g/mol. The molecule has 0 aromatic heterocycles. The van der Waals surface area contributed by atoms with Crippen LogP contribution in [-0.2, 0) is 17.8 Å². The molecule has 0 saturated carbocycles. The van der Waals surface area contributed by atoms with Crippen LogP contribution in [-0.4, -0.2) is 37.6 Å². The van der Waals surface area contributed by atoms with Crippen molar-refractivity contribution >= 4 is 5.91 Å². The van der Waals surface area contributed by atoms with Crippen LogP contribution >= 0.6 is 0 Å². The van der Waals surface area contributed by atoms with Crippen LogP contribution in [0.2, 0.25) is 0 Å². The van der Waals surface area contributed by atoms with Crippen LogP contribution in [0.4, 0.5) is 0 Å². The fourth-order valence-corrected chi connectivity index (χ4v) is 4.24. The molecule has 5 nitrogen and oxygen atoms in total. The summed E-state index contributed by atoms with van der Waals surface area (Å²) in [6, 6.07) is 12.8. The Morgan fingerprint density at radius 3 is 2.57 bits per heavy atom. The maximum atomic E-state index is 11.8. The molecule has 1 aliphatic heterocycles. The molecule has 2 atom stereocenters. The average molecular weight is 383 g/mol. The number of aryl methyl sites for hydroxylation is 1. The van der Waals surface area contributed by atoms with E-state index in [1.165, 1.54) is 22.3 Å². The Hall–Kier alpha value is -2.53. The summed E-state index contributed by atoms with van der Waals surface area (Å²) in [5.74, 6) is 1.45.